The van der Waals surface area contributed by atoms with E-state index < -0.39 is 0 Å². The van der Waals surface area contributed by atoms with Crippen LogP contribution in [-0.4, -0.2) is 0 Å². The molecule has 106 valence electrons. The molecule has 1 unspecified atom stereocenters. The van der Waals surface area contributed by atoms with Crippen LogP contribution in [0.25, 0.3) is 10.1 Å². The Morgan fingerprint density at radius 1 is 1.16 bits per heavy atom. The van der Waals surface area contributed by atoms with Gasteiger partial charge in [0.25, 0.3) is 0 Å². The fourth-order valence-electron chi connectivity index (χ4n) is 2.41. The molecule has 2 rings (SSSR count). The summed E-state index contributed by atoms with van der Waals surface area (Å²) in [4.78, 5) is 1.34. The molecule has 0 saturated carbocycles. The van der Waals surface area contributed by atoms with Crippen molar-refractivity contribution in [2.24, 2.45) is 0 Å². The van der Waals surface area contributed by atoms with Gasteiger partial charge in [-0.2, -0.15) is 0 Å². The van der Waals surface area contributed by atoms with Gasteiger partial charge in [0, 0.05) is 15.0 Å². The zero-order chi connectivity index (χ0) is 14.7. The number of thiophene rings is 1. The number of fused-ring (bicyclic) bond motifs is 1. The molecule has 1 heterocycles. The molecule has 0 amide bonds. The first kappa shape index (κ1) is 16.5. The van der Waals surface area contributed by atoms with Crippen LogP contribution >= 0.6 is 22.9 Å². The minimum atomic E-state index is 0.603. The van der Waals surface area contributed by atoms with Gasteiger partial charge in [0.2, 0.25) is 0 Å². The Labute approximate surface area is 126 Å². The lowest BCUT2D eigenvalue weighted by molar-refractivity contribution is 0.734. The Balaban J connectivity index is 0.000000861. The van der Waals surface area contributed by atoms with Crippen LogP contribution in [-0.2, 0) is 0 Å². The molecule has 0 radical (unpaired) electrons. The first-order valence-corrected chi connectivity index (χ1v) is 8.35. The molecular weight excluding hydrogens is 272 g/mol. The number of rotatable bonds is 2. The van der Waals surface area contributed by atoms with Crippen molar-refractivity contribution in [3.05, 3.63) is 32.7 Å². The van der Waals surface area contributed by atoms with Crippen molar-refractivity contribution in [3.8, 4) is 0 Å². The highest BCUT2D eigenvalue weighted by Gasteiger charge is 2.18. The van der Waals surface area contributed by atoms with E-state index in [1.54, 1.807) is 0 Å². The molecule has 2 heteroatoms. The lowest BCUT2D eigenvalue weighted by atomic mass is 9.90. The average molecular weight is 297 g/mol. The van der Waals surface area contributed by atoms with Crippen molar-refractivity contribution in [1.82, 2.24) is 0 Å². The maximum absolute atomic E-state index is 6.47. The monoisotopic (exact) mass is 296 g/mol. The van der Waals surface area contributed by atoms with Crippen LogP contribution in [0, 0.1) is 20.8 Å². The van der Waals surface area contributed by atoms with E-state index in [0.717, 1.165) is 5.02 Å². The highest BCUT2D eigenvalue weighted by atomic mass is 35.5. The summed E-state index contributed by atoms with van der Waals surface area (Å²) in [5.74, 6) is 0.603. The fourth-order valence-corrected chi connectivity index (χ4v) is 3.99. The highest BCUT2D eigenvalue weighted by Crippen LogP contribution is 2.41. The van der Waals surface area contributed by atoms with E-state index >= 15 is 0 Å². The van der Waals surface area contributed by atoms with Crippen molar-refractivity contribution < 1.29 is 0 Å². The van der Waals surface area contributed by atoms with E-state index in [0.29, 0.717) is 5.92 Å². The summed E-state index contributed by atoms with van der Waals surface area (Å²) < 4.78 is 1.39. The van der Waals surface area contributed by atoms with E-state index in [4.69, 9.17) is 11.6 Å². The molecule has 2 aromatic rings. The number of aryl methyl sites for hydroxylation is 1. The molecule has 0 spiro atoms. The zero-order valence-electron chi connectivity index (χ0n) is 13.1. The van der Waals surface area contributed by atoms with Crippen LogP contribution in [0.5, 0.6) is 0 Å². The summed E-state index contributed by atoms with van der Waals surface area (Å²) in [6, 6.07) is 2.22. The van der Waals surface area contributed by atoms with E-state index in [2.05, 4.69) is 40.7 Å². The molecule has 1 aromatic heterocycles. The van der Waals surface area contributed by atoms with Crippen molar-refractivity contribution in [2.75, 3.05) is 0 Å². The molecule has 0 fully saturated rings. The van der Waals surface area contributed by atoms with Gasteiger partial charge in [-0.05, 0) is 55.9 Å². The lowest BCUT2D eigenvalue weighted by Gasteiger charge is -2.17. The first-order valence-electron chi connectivity index (χ1n) is 7.16. The highest BCUT2D eigenvalue weighted by molar-refractivity contribution is 7.19. The Hall–Kier alpha value is -0.530. The van der Waals surface area contributed by atoms with Crippen molar-refractivity contribution in [2.45, 2.75) is 60.8 Å². The Kier molecular flexibility index (Phi) is 5.88. The van der Waals surface area contributed by atoms with Crippen LogP contribution in [0.3, 0.4) is 0 Å². The molecule has 1 aromatic carbocycles. The van der Waals surface area contributed by atoms with E-state index in [1.807, 2.05) is 25.2 Å². The number of hydrogen-bond donors (Lipinski definition) is 0. The first-order chi connectivity index (χ1) is 8.97. The number of halogens is 1. The third-order valence-electron chi connectivity index (χ3n) is 3.74. The van der Waals surface area contributed by atoms with Crippen molar-refractivity contribution >= 4 is 33.0 Å². The fraction of sp³-hybridized carbons (Fsp3) is 0.529. The Morgan fingerprint density at radius 2 is 1.74 bits per heavy atom. The molecule has 0 bridgehead atoms. The second-order valence-corrected chi connectivity index (χ2v) is 6.52. The molecule has 0 nitrogen and oxygen atoms in total. The van der Waals surface area contributed by atoms with Crippen LogP contribution in [0.15, 0.2) is 6.07 Å². The normalized spacial score (nSPS) is 12.2. The average Bonchev–Trinajstić information content (AvgIpc) is 2.80. The quantitative estimate of drug-likeness (QED) is 0.558. The van der Waals surface area contributed by atoms with E-state index in [1.165, 1.54) is 38.1 Å². The smallest absolute Gasteiger partial charge is 0.0524 e. The van der Waals surface area contributed by atoms with Gasteiger partial charge < -0.3 is 0 Å². The maximum Gasteiger partial charge on any atom is 0.0524 e. The second kappa shape index (κ2) is 6.76. The zero-order valence-corrected chi connectivity index (χ0v) is 14.7. The topological polar surface area (TPSA) is 0 Å². The number of hydrogen-bond acceptors (Lipinski definition) is 1. The number of benzene rings is 1. The third kappa shape index (κ3) is 2.98. The van der Waals surface area contributed by atoms with Gasteiger partial charge in [0.15, 0.2) is 0 Å². The van der Waals surface area contributed by atoms with Crippen molar-refractivity contribution in [1.29, 1.82) is 0 Å². The molecule has 0 saturated heterocycles. The van der Waals surface area contributed by atoms with Gasteiger partial charge in [0.05, 0.1) is 5.02 Å². The van der Waals surface area contributed by atoms with Crippen LogP contribution in [0.2, 0.25) is 5.02 Å². The summed E-state index contributed by atoms with van der Waals surface area (Å²) in [5.41, 5.74) is 4.12. The standard InChI is InChI=1S/C15H19ClS.C2H6/c1-6-8(2)13-10(4)11(5)14(16)12-7-9(3)17-15(12)13;1-2/h7-8H,6H2,1-5H3;1-2H3. The SMILES string of the molecule is CC.CCC(C)c1c(C)c(C)c(Cl)c2cc(C)sc12. The summed E-state index contributed by atoms with van der Waals surface area (Å²) >= 11 is 8.35. The molecular formula is C17H25ClS. The summed E-state index contributed by atoms with van der Waals surface area (Å²) in [6.45, 7) is 15.1. The lowest BCUT2D eigenvalue weighted by Crippen LogP contribution is -1.98. The minimum Gasteiger partial charge on any atom is -0.140 e. The van der Waals surface area contributed by atoms with Crippen LogP contribution in [0.4, 0.5) is 0 Å². The molecule has 0 aliphatic carbocycles. The van der Waals surface area contributed by atoms with Gasteiger partial charge in [-0.1, -0.05) is 39.3 Å². The van der Waals surface area contributed by atoms with Gasteiger partial charge in [-0.25, -0.2) is 0 Å². The summed E-state index contributed by atoms with van der Waals surface area (Å²) in [7, 11) is 0. The van der Waals surface area contributed by atoms with Crippen LogP contribution in [0.1, 0.15) is 61.6 Å². The summed E-state index contributed by atoms with van der Waals surface area (Å²) in [6.07, 6.45) is 1.17. The van der Waals surface area contributed by atoms with Gasteiger partial charge in [-0.15, -0.1) is 11.3 Å². The van der Waals surface area contributed by atoms with Gasteiger partial charge in [0.1, 0.15) is 0 Å². The van der Waals surface area contributed by atoms with E-state index in [-0.39, 0.29) is 0 Å². The maximum atomic E-state index is 6.47. The third-order valence-corrected chi connectivity index (χ3v) is 5.31. The molecule has 0 aliphatic rings. The predicted molar refractivity (Wildman–Crippen MR) is 91.1 cm³/mol. The predicted octanol–water partition coefficient (Wildman–Crippen LogP) is 7.02. The van der Waals surface area contributed by atoms with Gasteiger partial charge >= 0.3 is 0 Å². The molecule has 19 heavy (non-hydrogen) atoms. The molecule has 0 aliphatic heterocycles. The largest absolute Gasteiger partial charge is 0.140 e. The Morgan fingerprint density at radius 3 is 2.26 bits per heavy atom. The second-order valence-electron chi connectivity index (χ2n) is 4.89. The molecule has 1 atom stereocenters. The summed E-state index contributed by atoms with van der Waals surface area (Å²) in [5, 5.41) is 2.18. The van der Waals surface area contributed by atoms with Gasteiger partial charge in [-0.3, -0.25) is 0 Å². The Bertz CT molecular complexity index is 566. The van der Waals surface area contributed by atoms with Crippen molar-refractivity contribution in [3.63, 3.8) is 0 Å². The minimum absolute atomic E-state index is 0.603. The molecule has 0 N–H and O–H groups in total. The van der Waals surface area contributed by atoms with E-state index in [9.17, 15) is 0 Å². The van der Waals surface area contributed by atoms with Crippen LogP contribution < -0.4 is 0 Å².